The molecule has 8 heteroatoms. The molecule has 1 aliphatic heterocycles. The van der Waals surface area contributed by atoms with Gasteiger partial charge in [-0.05, 0) is 56.4 Å². The lowest BCUT2D eigenvalue weighted by molar-refractivity contribution is -0.137. The molecule has 2 aromatic rings. The van der Waals surface area contributed by atoms with Gasteiger partial charge in [-0.2, -0.15) is 0 Å². The standard InChI is InChI=1S/C18H21FN4O3/c1-12-20-17(21-23(12)15-7-5-14(19)6-8-15)18(26)22-10-2-3-13(11-22)4-9-16(24)25/h5-8,13H,2-4,9-11H2,1H3,(H,24,25). The number of amides is 1. The molecule has 0 radical (unpaired) electrons. The van der Waals surface area contributed by atoms with Crippen molar-refractivity contribution in [1.29, 1.82) is 0 Å². The van der Waals surface area contributed by atoms with Crippen LogP contribution in [0.1, 0.15) is 42.1 Å². The summed E-state index contributed by atoms with van der Waals surface area (Å²) in [6, 6.07) is 5.81. The van der Waals surface area contributed by atoms with Gasteiger partial charge in [0.05, 0.1) is 5.69 Å². The summed E-state index contributed by atoms with van der Waals surface area (Å²) in [5.41, 5.74) is 0.633. The summed E-state index contributed by atoms with van der Waals surface area (Å²) in [7, 11) is 0. The van der Waals surface area contributed by atoms with Crippen LogP contribution in [0.15, 0.2) is 24.3 Å². The summed E-state index contributed by atoms with van der Waals surface area (Å²) in [4.78, 5) is 29.4. The third-order valence-electron chi connectivity index (χ3n) is 4.60. The smallest absolute Gasteiger partial charge is 0.303 e. The lowest BCUT2D eigenvalue weighted by Crippen LogP contribution is -2.40. The summed E-state index contributed by atoms with van der Waals surface area (Å²) in [6.07, 6.45) is 2.44. The Bertz CT molecular complexity index is 803. The number of rotatable bonds is 5. The Morgan fingerprint density at radius 2 is 2.04 bits per heavy atom. The number of aliphatic carboxylic acids is 1. The lowest BCUT2D eigenvalue weighted by atomic mass is 9.93. The number of aromatic nitrogens is 3. The van der Waals surface area contributed by atoms with Crippen molar-refractivity contribution in [2.75, 3.05) is 13.1 Å². The number of hydrogen-bond donors (Lipinski definition) is 1. The Labute approximate surface area is 150 Å². The van der Waals surface area contributed by atoms with Crippen molar-refractivity contribution < 1.29 is 19.1 Å². The first-order chi connectivity index (χ1) is 12.4. The van der Waals surface area contributed by atoms with E-state index in [2.05, 4.69) is 10.1 Å². The van der Waals surface area contributed by atoms with Crippen molar-refractivity contribution in [3.05, 3.63) is 41.7 Å². The molecular weight excluding hydrogens is 339 g/mol. The van der Waals surface area contributed by atoms with Crippen molar-refractivity contribution in [3.63, 3.8) is 0 Å². The van der Waals surface area contributed by atoms with Gasteiger partial charge in [0.15, 0.2) is 0 Å². The number of likely N-dealkylation sites (tertiary alicyclic amines) is 1. The van der Waals surface area contributed by atoms with E-state index in [4.69, 9.17) is 5.11 Å². The van der Waals surface area contributed by atoms with Gasteiger partial charge >= 0.3 is 5.97 Å². The third kappa shape index (κ3) is 4.07. The SMILES string of the molecule is Cc1nc(C(=O)N2CCCC(CCC(=O)O)C2)nn1-c1ccc(F)cc1. The van der Waals surface area contributed by atoms with Gasteiger partial charge in [-0.1, -0.05) is 0 Å². The Balaban J connectivity index is 1.72. The van der Waals surface area contributed by atoms with Gasteiger partial charge in [0, 0.05) is 19.5 Å². The van der Waals surface area contributed by atoms with Gasteiger partial charge in [-0.25, -0.2) is 14.1 Å². The molecule has 1 atom stereocenters. The fraction of sp³-hybridized carbons (Fsp3) is 0.444. The molecule has 1 N–H and O–H groups in total. The molecule has 1 saturated heterocycles. The first-order valence-corrected chi connectivity index (χ1v) is 8.64. The first-order valence-electron chi connectivity index (χ1n) is 8.64. The predicted octanol–water partition coefficient (Wildman–Crippen LogP) is 2.43. The lowest BCUT2D eigenvalue weighted by Gasteiger charge is -2.31. The quantitative estimate of drug-likeness (QED) is 0.885. The van der Waals surface area contributed by atoms with E-state index in [9.17, 15) is 14.0 Å². The Morgan fingerprint density at radius 1 is 1.31 bits per heavy atom. The molecule has 1 aromatic heterocycles. The van der Waals surface area contributed by atoms with Crippen LogP contribution in [0, 0.1) is 18.7 Å². The number of nitrogens with zero attached hydrogens (tertiary/aromatic N) is 4. The van der Waals surface area contributed by atoms with Crippen LogP contribution in [-0.4, -0.2) is 49.7 Å². The number of carboxylic acids is 1. The molecule has 1 unspecified atom stereocenters. The highest BCUT2D eigenvalue weighted by molar-refractivity contribution is 5.90. The van der Waals surface area contributed by atoms with Gasteiger partial charge in [-0.15, -0.1) is 5.10 Å². The fourth-order valence-electron chi connectivity index (χ4n) is 3.26. The second-order valence-electron chi connectivity index (χ2n) is 6.56. The Kier molecular flexibility index (Phi) is 5.29. The summed E-state index contributed by atoms with van der Waals surface area (Å²) in [6.45, 7) is 2.88. The molecule has 1 amide bonds. The average Bonchev–Trinajstić information content (AvgIpc) is 3.02. The van der Waals surface area contributed by atoms with Crippen LogP contribution >= 0.6 is 0 Å². The topological polar surface area (TPSA) is 88.3 Å². The van der Waals surface area contributed by atoms with E-state index in [0.717, 1.165) is 12.8 Å². The monoisotopic (exact) mass is 360 g/mol. The molecule has 2 heterocycles. The van der Waals surface area contributed by atoms with E-state index >= 15 is 0 Å². The first kappa shape index (κ1) is 18.0. The summed E-state index contributed by atoms with van der Waals surface area (Å²) < 4.78 is 14.6. The normalized spacial score (nSPS) is 17.3. The minimum Gasteiger partial charge on any atom is -0.481 e. The maximum absolute atomic E-state index is 13.1. The van der Waals surface area contributed by atoms with Crippen molar-refractivity contribution >= 4 is 11.9 Å². The maximum atomic E-state index is 13.1. The molecule has 3 rings (SSSR count). The van der Waals surface area contributed by atoms with Crippen LogP contribution in [0.3, 0.4) is 0 Å². The zero-order chi connectivity index (χ0) is 18.7. The highest BCUT2D eigenvalue weighted by atomic mass is 19.1. The Morgan fingerprint density at radius 3 is 2.73 bits per heavy atom. The summed E-state index contributed by atoms with van der Waals surface area (Å²) in [5, 5.41) is 13.1. The Hall–Kier alpha value is -2.77. The fourth-order valence-corrected chi connectivity index (χ4v) is 3.26. The summed E-state index contributed by atoms with van der Waals surface area (Å²) in [5.74, 6) is -0.588. The average molecular weight is 360 g/mol. The second kappa shape index (κ2) is 7.63. The van der Waals surface area contributed by atoms with E-state index in [1.807, 2.05) is 0 Å². The molecule has 0 aliphatic carbocycles. The van der Waals surface area contributed by atoms with E-state index in [1.165, 1.54) is 16.8 Å². The van der Waals surface area contributed by atoms with Gasteiger partial charge in [0.25, 0.3) is 5.91 Å². The molecule has 1 aromatic carbocycles. The number of carboxylic acid groups (broad SMARTS) is 1. The van der Waals surface area contributed by atoms with Gasteiger partial charge in [0.1, 0.15) is 11.6 Å². The molecule has 26 heavy (non-hydrogen) atoms. The maximum Gasteiger partial charge on any atom is 0.303 e. The van der Waals surface area contributed by atoms with E-state index in [-0.39, 0.29) is 29.9 Å². The predicted molar refractivity (Wildman–Crippen MR) is 91.6 cm³/mol. The highest BCUT2D eigenvalue weighted by Gasteiger charge is 2.27. The van der Waals surface area contributed by atoms with Crippen molar-refractivity contribution in [2.24, 2.45) is 5.92 Å². The van der Waals surface area contributed by atoms with Crippen LogP contribution in [0.4, 0.5) is 4.39 Å². The number of benzene rings is 1. The van der Waals surface area contributed by atoms with Gasteiger partial charge < -0.3 is 10.0 Å². The molecule has 1 aliphatic rings. The van der Waals surface area contributed by atoms with Crippen LogP contribution in [0.5, 0.6) is 0 Å². The second-order valence-corrected chi connectivity index (χ2v) is 6.56. The minimum absolute atomic E-state index is 0.103. The molecule has 1 fully saturated rings. The van der Waals surface area contributed by atoms with Crippen LogP contribution in [0.2, 0.25) is 0 Å². The van der Waals surface area contributed by atoms with Crippen molar-refractivity contribution in [1.82, 2.24) is 19.7 Å². The zero-order valence-corrected chi connectivity index (χ0v) is 14.6. The molecular formula is C18H21FN4O3. The molecule has 0 bridgehead atoms. The van der Waals surface area contributed by atoms with E-state index in [0.29, 0.717) is 31.0 Å². The van der Waals surface area contributed by atoms with E-state index in [1.54, 1.807) is 24.0 Å². The number of carbonyl (C=O) groups is 2. The van der Waals surface area contributed by atoms with Gasteiger partial charge in [-0.3, -0.25) is 9.59 Å². The van der Waals surface area contributed by atoms with Gasteiger partial charge in [0.2, 0.25) is 5.82 Å². The number of aryl methyl sites for hydroxylation is 1. The highest BCUT2D eigenvalue weighted by Crippen LogP contribution is 2.22. The van der Waals surface area contributed by atoms with Crippen molar-refractivity contribution in [3.8, 4) is 5.69 Å². The number of carbonyl (C=O) groups excluding carboxylic acids is 1. The van der Waals surface area contributed by atoms with Crippen LogP contribution < -0.4 is 0 Å². The van der Waals surface area contributed by atoms with Crippen LogP contribution in [0.25, 0.3) is 5.69 Å². The third-order valence-corrected chi connectivity index (χ3v) is 4.60. The largest absolute Gasteiger partial charge is 0.481 e. The number of piperidine rings is 1. The summed E-state index contributed by atoms with van der Waals surface area (Å²) >= 11 is 0. The minimum atomic E-state index is -0.816. The molecule has 0 spiro atoms. The number of hydrogen-bond acceptors (Lipinski definition) is 4. The van der Waals surface area contributed by atoms with Crippen molar-refractivity contribution in [2.45, 2.75) is 32.6 Å². The van der Waals surface area contributed by atoms with E-state index < -0.39 is 5.97 Å². The van der Waals surface area contributed by atoms with Crippen LogP contribution in [-0.2, 0) is 4.79 Å². The number of halogens is 1. The molecule has 0 saturated carbocycles. The molecule has 138 valence electrons. The zero-order valence-electron chi connectivity index (χ0n) is 14.6. The molecule has 7 nitrogen and oxygen atoms in total.